The topological polar surface area (TPSA) is 100 Å². The minimum absolute atomic E-state index is 0.189. The van der Waals surface area contributed by atoms with E-state index in [9.17, 15) is 18.0 Å². The fraction of sp³-hybridized carbons (Fsp3) is 0.375. The van der Waals surface area contributed by atoms with Crippen LogP contribution < -0.4 is 10.7 Å². The largest absolute Gasteiger partial charge is 0.463 e. The molecule has 2 amide bonds. The summed E-state index contributed by atoms with van der Waals surface area (Å²) in [4.78, 5) is 28.3. The minimum Gasteiger partial charge on any atom is -0.463 e. The van der Waals surface area contributed by atoms with Gasteiger partial charge in [0.25, 0.3) is 0 Å². The zero-order chi connectivity index (χ0) is 26.6. The van der Waals surface area contributed by atoms with Gasteiger partial charge in [0.2, 0.25) is 6.29 Å². The van der Waals surface area contributed by atoms with Crippen molar-refractivity contribution in [1.82, 2.24) is 24.8 Å². The summed E-state index contributed by atoms with van der Waals surface area (Å²) in [5.41, 5.74) is 1.25. The minimum atomic E-state index is -4.35. The maximum atomic E-state index is 13.2. The number of anilines is 1. The van der Waals surface area contributed by atoms with E-state index in [0.717, 1.165) is 30.9 Å². The molecule has 2 fully saturated rings. The molecule has 2 N–H and O–H groups in total. The highest BCUT2D eigenvalue weighted by atomic mass is 19.4. The van der Waals surface area contributed by atoms with Gasteiger partial charge >= 0.3 is 12.2 Å². The number of carbonyl (C=O) groups is 1. The summed E-state index contributed by atoms with van der Waals surface area (Å²) in [5, 5.41) is 4.61. The zero-order valence-corrected chi connectivity index (χ0v) is 20.5. The third-order valence-electron chi connectivity index (χ3n) is 7.15. The van der Waals surface area contributed by atoms with Gasteiger partial charge in [-0.3, -0.25) is 9.80 Å². The Hall–Kier alpha value is -4.04. The van der Waals surface area contributed by atoms with Crippen molar-refractivity contribution in [2.45, 2.75) is 12.5 Å². The number of alkyl halides is 3. The van der Waals surface area contributed by atoms with Crippen LogP contribution in [0.5, 0.6) is 0 Å². The van der Waals surface area contributed by atoms with Gasteiger partial charge in [-0.25, -0.2) is 35.6 Å². The first-order valence-electron chi connectivity index (χ1n) is 12.1. The second-order valence-electron chi connectivity index (χ2n) is 9.34. The second kappa shape index (κ2) is 9.06. The molecular formula is C24H26F3N9O2. The fourth-order valence-corrected chi connectivity index (χ4v) is 5.11. The number of furan rings is 1. The van der Waals surface area contributed by atoms with Crippen LogP contribution in [0, 0.1) is 0 Å². The molecule has 1 atom stereocenters. The highest BCUT2D eigenvalue weighted by Gasteiger charge is 2.51. The van der Waals surface area contributed by atoms with Crippen molar-refractivity contribution in [2.24, 2.45) is 15.8 Å². The van der Waals surface area contributed by atoms with Crippen LogP contribution in [-0.4, -0.2) is 95.6 Å². The van der Waals surface area contributed by atoms with Crippen LogP contribution in [0.2, 0.25) is 0 Å². The van der Waals surface area contributed by atoms with Crippen molar-refractivity contribution in [2.75, 3.05) is 51.2 Å². The molecule has 1 aromatic carbocycles. The molecular weight excluding hydrogens is 503 g/mol. The molecule has 1 aromatic heterocycles. The number of rotatable bonds is 5. The highest BCUT2D eigenvalue weighted by molar-refractivity contribution is 6.12. The van der Waals surface area contributed by atoms with Gasteiger partial charge in [0.1, 0.15) is 17.7 Å². The maximum absolute atomic E-state index is 13.2. The van der Waals surface area contributed by atoms with E-state index in [4.69, 9.17) is 15.3 Å². The standard InChI is InChI=1S/C24H26F3N9O2/c1-31-23(37)34(22-30-21-20(36(22)31)19(29-15-35(21)28)18-3-2-14-38-18)13-10-32-8-11-33(12-9-32)17-6-4-16(5-7-17)24(25,26)27/h2-7,14-15,22H,8-13,28H2,1H3. The average Bonchev–Trinajstić information content (AvgIpc) is 3.62. The predicted molar refractivity (Wildman–Crippen MR) is 133 cm³/mol. The Morgan fingerprint density at radius 1 is 1.08 bits per heavy atom. The number of hydrogen-bond donors (Lipinski definition) is 1. The fourth-order valence-electron chi connectivity index (χ4n) is 5.11. The van der Waals surface area contributed by atoms with Crippen molar-refractivity contribution in [3.05, 3.63) is 59.7 Å². The van der Waals surface area contributed by atoms with Gasteiger partial charge in [0.15, 0.2) is 11.6 Å². The highest BCUT2D eigenvalue weighted by Crippen LogP contribution is 2.38. The molecule has 0 aliphatic carbocycles. The lowest BCUT2D eigenvalue weighted by Gasteiger charge is -2.36. The normalized spacial score (nSPS) is 22.0. The van der Waals surface area contributed by atoms with Crippen LogP contribution >= 0.6 is 0 Å². The third-order valence-corrected chi connectivity index (χ3v) is 7.15. The molecule has 2 saturated heterocycles. The number of amides is 2. The van der Waals surface area contributed by atoms with Gasteiger partial charge in [0, 0.05) is 52.0 Å². The number of piperazine rings is 1. The number of nitrogens with two attached hydrogens (primary N) is 1. The number of aliphatic imine (C=N–C) groups is 2. The summed E-state index contributed by atoms with van der Waals surface area (Å²) in [6, 6.07) is 8.62. The predicted octanol–water partition coefficient (Wildman–Crippen LogP) is 2.29. The molecule has 0 radical (unpaired) electrons. The number of carbonyl (C=O) groups excluding carboxylic acids is 1. The molecule has 4 aliphatic heterocycles. The van der Waals surface area contributed by atoms with Crippen LogP contribution in [0.1, 0.15) is 11.3 Å². The smallest absolute Gasteiger partial charge is 0.416 e. The molecule has 0 bridgehead atoms. The number of urea groups is 1. The van der Waals surface area contributed by atoms with Crippen molar-refractivity contribution < 1.29 is 22.4 Å². The maximum Gasteiger partial charge on any atom is 0.416 e. The van der Waals surface area contributed by atoms with Crippen molar-refractivity contribution in [3.63, 3.8) is 0 Å². The van der Waals surface area contributed by atoms with E-state index < -0.39 is 18.0 Å². The number of amidine groups is 1. The second-order valence-corrected chi connectivity index (χ2v) is 9.34. The van der Waals surface area contributed by atoms with E-state index in [0.29, 0.717) is 49.2 Å². The van der Waals surface area contributed by atoms with Crippen LogP contribution in [-0.2, 0) is 6.18 Å². The van der Waals surface area contributed by atoms with E-state index in [1.807, 2.05) is 0 Å². The Bertz CT molecular complexity index is 1300. The van der Waals surface area contributed by atoms with Gasteiger partial charge in [-0.1, -0.05) is 0 Å². The molecule has 0 spiro atoms. The van der Waals surface area contributed by atoms with Crippen molar-refractivity contribution in [3.8, 4) is 0 Å². The van der Waals surface area contributed by atoms with Gasteiger partial charge < -0.3 is 9.32 Å². The Balaban J connectivity index is 1.11. The van der Waals surface area contributed by atoms with Gasteiger partial charge in [-0.05, 0) is 36.4 Å². The Labute approximate surface area is 216 Å². The van der Waals surface area contributed by atoms with E-state index >= 15 is 0 Å². The number of hydrazine groups is 2. The zero-order valence-electron chi connectivity index (χ0n) is 20.5. The molecule has 200 valence electrons. The first kappa shape index (κ1) is 24.3. The molecule has 4 aliphatic rings. The molecule has 5 heterocycles. The molecule has 0 saturated carbocycles. The van der Waals surface area contributed by atoms with Crippen LogP contribution in [0.3, 0.4) is 0 Å². The Morgan fingerprint density at radius 3 is 2.47 bits per heavy atom. The molecule has 2 aromatic rings. The van der Waals surface area contributed by atoms with E-state index in [-0.39, 0.29) is 6.03 Å². The number of fused-ring (bicyclic) bond motifs is 3. The van der Waals surface area contributed by atoms with Crippen molar-refractivity contribution in [1.29, 1.82) is 0 Å². The number of hydrogen-bond acceptors (Lipinski definition) is 9. The molecule has 1 unspecified atom stereocenters. The number of halogens is 3. The quantitative estimate of drug-likeness (QED) is 0.594. The monoisotopic (exact) mass is 529 g/mol. The lowest BCUT2D eigenvalue weighted by Crippen LogP contribution is -2.49. The molecule has 6 rings (SSSR count). The number of benzene rings is 1. The summed E-state index contributed by atoms with van der Waals surface area (Å²) >= 11 is 0. The van der Waals surface area contributed by atoms with E-state index in [2.05, 4.69) is 14.8 Å². The summed E-state index contributed by atoms with van der Waals surface area (Å²) in [6.07, 6.45) is -1.92. The van der Waals surface area contributed by atoms with Crippen LogP contribution in [0.15, 0.2) is 62.8 Å². The van der Waals surface area contributed by atoms with Gasteiger partial charge in [-0.2, -0.15) is 13.2 Å². The van der Waals surface area contributed by atoms with Gasteiger partial charge in [0.05, 0.1) is 11.8 Å². The number of nitrogens with zero attached hydrogens (tertiary/aromatic N) is 8. The SMILES string of the molecule is CN1C(=O)N(CCN2CCN(c3ccc(C(F)(F)F)cc3)CC2)C2N=C3C(=C(c4ccco4)N=CN3N)N21. The molecule has 14 heteroatoms. The van der Waals surface area contributed by atoms with Gasteiger partial charge in [-0.15, -0.1) is 0 Å². The Kier molecular flexibility index (Phi) is 5.79. The first-order chi connectivity index (χ1) is 18.2. The lowest BCUT2D eigenvalue weighted by atomic mass is 10.1. The van der Waals surface area contributed by atoms with E-state index in [1.165, 1.54) is 28.5 Å². The molecule has 38 heavy (non-hydrogen) atoms. The van der Waals surface area contributed by atoms with E-state index in [1.54, 1.807) is 35.4 Å². The van der Waals surface area contributed by atoms with Crippen LogP contribution in [0.4, 0.5) is 23.7 Å². The molecule has 11 nitrogen and oxygen atoms in total. The average molecular weight is 530 g/mol. The van der Waals surface area contributed by atoms with Crippen molar-refractivity contribution >= 4 is 29.6 Å². The summed E-state index contributed by atoms with van der Waals surface area (Å²) in [7, 11) is 1.68. The van der Waals surface area contributed by atoms with Crippen LogP contribution in [0.25, 0.3) is 5.70 Å². The first-order valence-corrected chi connectivity index (χ1v) is 12.1. The summed E-state index contributed by atoms with van der Waals surface area (Å²) < 4.78 is 44.1. The third kappa shape index (κ3) is 4.05. The summed E-state index contributed by atoms with van der Waals surface area (Å²) in [6.45, 7) is 3.87. The lowest BCUT2D eigenvalue weighted by molar-refractivity contribution is -0.137. The Morgan fingerprint density at radius 2 is 1.82 bits per heavy atom. The summed E-state index contributed by atoms with van der Waals surface area (Å²) in [5.74, 6) is 7.15.